The van der Waals surface area contributed by atoms with Gasteiger partial charge in [0.25, 0.3) is 0 Å². The van der Waals surface area contributed by atoms with Crippen molar-refractivity contribution in [3.05, 3.63) is 12.2 Å². The molecule has 0 aromatic rings. The Bertz CT molecular complexity index is 660. The third-order valence-electron chi connectivity index (χ3n) is 7.03. The average molecular weight is 703 g/mol. The maximum atomic E-state index is 12.4. The van der Waals surface area contributed by atoms with E-state index in [1.54, 1.807) is 6.92 Å². The molecule has 0 atom stereocenters. The van der Waals surface area contributed by atoms with Gasteiger partial charge in [0.2, 0.25) is 0 Å². The summed E-state index contributed by atoms with van der Waals surface area (Å²) in [4.78, 5) is 34.0. The van der Waals surface area contributed by atoms with Crippen molar-refractivity contribution in [3.8, 4) is 0 Å². The first-order valence-corrected chi connectivity index (χ1v) is 20.7. The molecular formula is C40H82N2O5S. The third kappa shape index (κ3) is 56.9. The van der Waals surface area contributed by atoms with Gasteiger partial charge in [-0.3, -0.25) is 14.4 Å². The predicted octanol–water partition coefficient (Wildman–Crippen LogP) is 11.1. The van der Waals surface area contributed by atoms with Gasteiger partial charge in [-0.15, -0.1) is 0 Å². The molecule has 0 heterocycles. The normalized spacial score (nSPS) is 10.4. The molecule has 0 aromatic heterocycles. The number of hydrogen-bond donors (Lipinski definition) is 2. The summed E-state index contributed by atoms with van der Waals surface area (Å²) < 4.78 is 10.9. The molecule has 0 saturated carbocycles. The van der Waals surface area contributed by atoms with E-state index in [9.17, 15) is 14.4 Å². The van der Waals surface area contributed by atoms with Gasteiger partial charge in [0.1, 0.15) is 12.7 Å². The lowest BCUT2D eigenvalue weighted by molar-refractivity contribution is -0.150. The Morgan fingerprint density at radius 3 is 1.65 bits per heavy atom. The van der Waals surface area contributed by atoms with Crippen LogP contribution in [0.3, 0.4) is 0 Å². The molecule has 8 heteroatoms. The van der Waals surface area contributed by atoms with Crippen LogP contribution in [0.5, 0.6) is 0 Å². The Morgan fingerprint density at radius 1 is 0.688 bits per heavy atom. The molecular weight excluding hydrogens is 621 g/mol. The van der Waals surface area contributed by atoms with Crippen molar-refractivity contribution in [3.63, 3.8) is 0 Å². The van der Waals surface area contributed by atoms with Gasteiger partial charge in [0, 0.05) is 32.1 Å². The number of ether oxygens (including phenoxy) is 2. The van der Waals surface area contributed by atoms with Crippen LogP contribution in [0, 0.1) is 0 Å². The quantitative estimate of drug-likeness (QED) is 0.0471. The number of unbranched alkanes of at least 4 members (excludes halogenated alkanes) is 11. The van der Waals surface area contributed by atoms with Crippen LogP contribution < -0.4 is 11.1 Å². The number of hydrogen-bond acceptors (Lipinski definition) is 8. The standard InChI is InChI=1S/C29H55NO4.C4H9NOS.C4H10.C3H8/c1-4-7-10-12-15-20-27(21-16-13-11-8-5-2)34-29(32)23-19-25-30-24-18-14-17-22-28(31)33-26-9-6-3;1-4(6)7-3-2-5;1-3-4-2;1-3-2/h6,9,27,30H,4-5,7-8,10-26H2,1-3H3;2-3,5H2,1H3;3-4H2,1-2H3;3H2,1-2H3/b9-6-;;;. The highest BCUT2D eigenvalue weighted by molar-refractivity contribution is 8.13. The Hall–Kier alpha value is -1.38. The Morgan fingerprint density at radius 2 is 1.19 bits per heavy atom. The van der Waals surface area contributed by atoms with E-state index in [1.807, 2.05) is 19.1 Å². The van der Waals surface area contributed by atoms with E-state index in [-0.39, 0.29) is 23.2 Å². The summed E-state index contributed by atoms with van der Waals surface area (Å²) in [6.07, 6.45) is 27.0. The molecule has 0 unspecified atom stereocenters. The number of esters is 2. The molecule has 0 amide bonds. The largest absolute Gasteiger partial charge is 0.462 e. The van der Waals surface area contributed by atoms with E-state index in [0.717, 1.165) is 57.4 Å². The van der Waals surface area contributed by atoms with Crippen LogP contribution in [-0.2, 0) is 23.9 Å². The van der Waals surface area contributed by atoms with Crippen LogP contribution in [0.4, 0.5) is 0 Å². The van der Waals surface area contributed by atoms with Gasteiger partial charge >= 0.3 is 11.9 Å². The van der Waals surface area contributed by atoms with Crippen LogP contribution in [0.1, 0.15) is 190 Å². The molecule has 0 rings (SSSR count). The Labute approximate surface area is 303 Å². The van der Waals surface area contributed by atoms with E-state index in [4.69, 9.17) is 15.2 Å². The smallest absolute Gasteiger partial charge is 0.306 e. The molecule has 3 N–H and O–H groups in total. The lowest BCUT2D eigenvalue weighted by Gasteiger charge is -2.18. The van der Waals surface area contributed by atoms with Crippen LogP contribution in [0.25, 0.3) is 0 Å². The average Bonchev–Trinajstić information content (AvgIpc) is 3.07. The molecule has 0 bridgehead atoms. The maximum Gasteiger partial charge on any atom is 0.306 e. The van der Waals surface area contributed by atoms with E-state index in [2.05, 4.69) is 46.9 Å². The van der Waals surface area contributed by atoms with E-state index in [1.165, 1.54) is 95.2 Å². The summed E-state index contributed by atoms with van der Waals surface area (Å²) in [7, 11) is 0. The molecule has 48 heavy (non-hydrogen) atoms. The Balaban J connectivity index is -0.000000576. The fourth-order valence-electron chi connectivity index (χ4n) is 4.15. The van der Waals surface area contributed by atoms with Crippen molar-refractivity contribution in [2.45, 2.75) is 196 Å². The number of carbonyl (C=O) groups excluding carboxylic acids is 3. The second-order valence-corrected chi connectivity index (χ2v) is 13.5. The first kappa shape index (κ1) is 53.4. The minimum atomic E-state index is -0.121. The number of nitrogens with one attached hydrogen (secondary N) is 1. The molecule has 0 saturated heterocycles. The highest BCUT2D eigenvalue weighted by Crippen LogP contribution is 2.17. The molecule has 0 radical (unpaired) electrons. The van der Waals surface area contributed by atoms with Crippen LogP contribution in [0.2, 0.25) is 0 Å². The Kier molecular flexibility index (Phi) is 55.6. The van der Waals surface area contributed by atoms with Crippen molar-refractivity contribution >= 4 is 28.8 Å². The second-order valence-electron chi connectivity index (χ2n) is 12.3. The summed E-state index contributed by atoms with van der Waals surface area (Å²) in [6, 6.07) is 0. The van der Waals surface area contributed by atoms with Crippen LogP contribution in [0.15, 0.2) is 12.2 Å². The first-order valence-electron chi connectivity index (χ1n) is 19.7. The van der Waals surface area contributed by atoms with Crippen molar-refractivity contribution in [2.75, 3.05) is 32.0 Å². The number of nitrogens with two attached hydrogens (primary N) is 1. The third-order valence-corrected chi connectivity index (χ3v) is 7.87. The number of allylic oxidation sites excluding steroid dienone is 1. The molecule has 288 valence electrons. The van der Waals surface area contributed by atoms with Crippen molar-refractivity contribution in [1.82, 2.24) is 5.32 Å². The minimum Gasteiger partial charge on any atom is -0.462 e. The fourth-order valence-corrected chi connectivity index (χ4v) is 4.55. The molecule has 0 aliphatic rings. The number of thioether (sulfide) groups is 1. The maximum absolute atomic E-state index is 12.4. The topological polar surface area (TPSA) is 108 Å². The van der Waals surface area contributed by atoms with Gasteiger partial charge in [-0.05, 0) is 65.0 Å². The lowest BCUT2D eigenvalue weighted by atomic mass is 10.0. The predicted molar refractivity (Wildman–Crippen MR) is 212 cm³/mol. The summed E-state index contributed by atoms with van der Waals surface area (Å²) in [5.41, 5.74) is 5.10. The molecule has 0 aliphatic heterocycles. The highest BCUT2D eigenvalue weighted by atomic mass is 32.2. The van der Waals surface area contributed by atoms with Gasteiger partial charge in [-0.1, -0.05) is 143 Å². The molecule has 0 aliphatic carbocycles. The summed E-state index contributed by atoms with van der Waals surface area (Å²) in [5, 5.41) is 3.54. The highest BCUT2D eigenvalue weighted by Gasteiger charge is 2.14. The first-order chi connectivity index (χ1) is 23.2. The fraction of sp³-hybridized carbons (Fsp3) is 0.875. The molecule has 0 fully saturated rings. The van der Waals surface area contributed by atoms with E-state index < -0.39 is 0 Å². The zero-order chi connectivity index (χ0) is 36.9. The van der Waals surface area contributed by atoms with Crippen molar-refractivity contribution in [1.29, 1.82) is 0 Å². The minimum absolute atomic E-state index is 0.0367. The van der Waals surface area contributed by atoms with E-state index >= 15 is 0 Å². The van der Waals surface area contributed by atoms with Gasteiger partial charge < -0.3 is 20.5 Å². The zero-order valence-corrected chi connectivity index (χ0v) is 34.0. The molecule has 0 spiro atoms. The summed E-state index contributed by atoms with van der Waals surface area (Å²) in [5.74, 6) is 0.588. The monoisotopic (exact) mass is 703 g/mol. The van der Waals surface area contributed by atoms with E-state index in [0.29, 0.717) is 26.0 Å². The van der Waals surface area contributed by atoms with Gasteiger partial charge in [-0.25, -0.2) is 0 Å². The summed E-state index contributed by atoms with van der Waals surface area (Å²) in [6.45, 7) is 19.2. The SMILES string of the molecule is C/C=C\COC(=O)CCCCCNCCCC(=O)OC(CCCCCCC)CCCCCCC.CC(=O)SCCN.CCC.CCCC. The zero-order valence-electron chi connectivity index (χ0n) is 33.1. The van der Waals surface area contributed by atoms with Crippen LogP contribution >= 0.6 is 11.8 Å². The van der Waals surface area contributed by atoms with Gasteiger partial charge in [0.05, 0.1) is 0 Å². The molecule has 7 nitrogen and oxygen atoms in total. The van der Waals surface area contributed by atoms with Crippen molar-refractivity contribution < 1.29 is 23.9 Å². The number of carbonyl (C=O) groups is 3. The van der Waals surface area contributed by atoms with Crippen LogP contribution in [-0.4, -0.2) is 55.2 Å². The number of rotatable bonds is 28. The lowest BCUT2D eigenvalue weighted by Crippen LogP contribution is -2.21. The van der Waals surface area contributed by atoms with Gasteiger partial charge in [0.15, 0.2) is 5.12 Å². The summed E-state index contributed by atoms with van der Waals surface area (Å²) >= 11 is 1.27. The van der Waals surface area contributed by atoms with Gasteiger partial charge in [-0.2, -0.15) is 0 Å². The molecule has 0 aromatic carbocycles. The van der Waals surface area contributed by atoms with Crippen molar-refractivity contribution in [2.24, 2.45) is 5.73 Å². The second kappa shape index (κ2) is 50.0.